The molecular weight excluding hydrogens is 280 g/mol. The minimum Gasteiger partial charge on any atom is -0.478 e. The Hall–Kier alpha value is -1.84. The largest absolute Gasteiger partial charge is 0.478 e. The Kier molecular flexibility index (Phi) is 5.99. The van der Waals surface area contributed by atoms with Crippen LogP contribution in [0.3, 0.4) is 0 Å². The van der Waals surface area contributed by atoms with Crippen molar-refractivity contribution in [2.45, 2.75) is 52.1 Å². The number of carbonyl (C=O) groups is 2. The number of hydrogen-bond donors (Lipinski definition) is 0. The van der Waals surface area contributed by atoms with Crippen LogP contribution in [0.4, 0.5) is 0 Å². The Morgan fingerprint density at radius 1 is 1.14 bits per heavy atom. The minimum atomic E-state index is -0.552. The monoisotopic (exact) mass is 304 g/mol. The van der Waals surface area contributed by atoms with Gasteiger partial charge in [-0.15, -0.1) is 0 Å². The third-order valence-electron chi connectivity index (χ3n) is 4.12. The first-order valence-corrected chi connectivity index (χ1v) is 8.06. The maximum Gasteiger partial charge on any atom is 0.347 e. The molecule has 1 aromatic rings. The summed E-state index contributed by atoms with van der Waals surface area (Å²) in [5, 5.41) is 0. The first kappa shape index (κ1) is 16.5. The molecule has 0 bridgehead atoms. The van der Waals surface area contributed by atoms with Gasteiger partial charge in [-0.25, -0.2) is 4.79 Å². The molecule has 1 aliphatic carbocycles. The molecule has 22 heavy (non-hydrogen) atoms. The van der Waals surface area contributed by atoms with Crippen LogP contribution in [-0.2, 0) is 9.53 Å². The molecule has 4 nitrogen and oxygen atoms in total. The average molecular weight is 304 g/mol. The van der Waals surface area contributed by atoms with Crippen molar-refractivity contribution in [3.63, 3.8) is 0 Å². The number of hydrogen-bond acceptors (Lipinski definition) is 4. The third kappa shape index (κ3) is 4.33. The van der Waals surface area contributed by atoms with Gasteiger partial charge in [0.2, 0.25) is 0 Å². The topological polar surface area (TPSA) is 52.6 Å². The van der Waals surface area contributed by atoms with Gasteiger partial charge in [0.15, 0.2) is 11.9 Å². The first-order chi connectivity index (χ1) is 10.6. The van der Waals surface area contributed by atoms with Gasteiger partial charge in [0.1, 0.15) is 5.75 Å². The van der Waals surface area contributed by atoms with Crippen LogP contribution in [0.25, 0.3) is 0 Å². The molecule has 1 aliphatic rings. The number of ether oxygens (including phenoxy) is 2. The number of rotatable bonds is 6. The minimum absolute atomic E-state index is 0.0146. The van der Waals surface area contributed by atoms with Gasteiger partial charge in [0.05, 0.1) is 6.61 Å². The molecule has 0 aliphatic heterocycles. The first-order valence-electron chi connectivity index (χ1n) is 8.06. The molecule has 0 amide bonds. The summed E-state index contributed by atoms with van der Waals surface area (Å²) in [6, 6.07) is 6.93. The maximum atomic E-state index is 12.2. The van der Waals surface area contributed by atoms with Crippen molar-refractivity contribution in [3.05, 3.63) is 29.8 Å². The van der Waals surface area contributed by atoms with E-state index in [0.29, 0.717) is 17.9 Å². The fourth-order valence-corrected chi connectivity index (χ4v) is 2.91. The molecule has 120 valence electrons. The number of ketones is 1. The van der Waals surface area contributed by atoms with Crippen molar-refractivity contribution in [1.82, 2.24) is 0 Å². The van der Waals surface area contributed by atoms with Gasteiger partial charge in [-0.1, -0.05) is 19.3 Å². The van der Waals surface area contributed by atoms with E-state index in [0.717, 1.165) is 25.7 Å². The summed E-state index contributed by atoms with van der Waals surface area (Å²) < 4.78 is 11.1. The van der Waals surface area contributed by atoms with Crippen molar-refractivity contribution in [2.75, 3.05) is 6.61 Å². The summed E-state index contributed by atoms with van der Waals surface area (Å²) in [7, 11) is 0. The second kappa shape index (κ2) is 7.97. The fraction of sp³-hybridized carbons (Fsp3) is 0.556. The Bertz CT molecular complexity index is 500. The van der Waals surface area contributed by atoms with Crippen LogP contribution in [0.15, 0.2) is 24.3 Å². The van der Waals surface area contributed by atoms with Gasteiger partial charge >= 0.3 is 5.97 Å². The molecule has 1 unspecified atom stereocenters. The van der Waals surface area contributed by atoms with Crippen molar-refractivity contribution < 1.29 is 19.1 Å². The normalized spacial score (nSPS) is 16.8. The average Bonchev–Trinajstić information content (AvgIpc) is 2.54. The van der Waals surface area contributed by atoms with Crippen LogP contribution in [0.5, 0.6) is 5.75 Å². The molecule has 0 N–H and O–H groups in total. The van der Waals surface area contributed by atoms with Crippen LogP contribution in [-0.4, -0.2) is 24.5 Å². The molecule has 0 heterocycles. The molecule has 0 radical (unpaired) electrons. The Labute approximate surface area is 131 Å². The summed E-state index contributed by atoms with van der Waals surface area (Å²) in [5.41, 5.74) is 0.637. The molecule has 1 saturated carbocycles. The highest BCUT2D eigenvalue weighted by molar-refractivity contribution is 5.94. The lowest BCUT2D eigenvalue weighted by molar-refractivity contribution is -0.154. The van der Waals surface area contributed by atoms with Gasteiger partial charge in [0, 0.05) is 11.5 Å². The number of carbonyl (C=O) groups excluding carboxylic acids is 2. The highest BCUT2D eigenvalue weighted by atomic mass is 16.6. The van der Waals surface area contributed by atoms with E-state index in [4.69, 9.17) is 9.47 Å². The fourth-order valence-electron chi connectivity index (χ4n) is 2.91. The van der Waals surface area contributed by atoms with E-state index >= 15 is 0 Å². The highest BCUT2D eigenvalue weighted by Crippen LogP contribution is 2.30. The van der Waals surface area contributed by atoms with E-state index in [9.17, 15) is 9.59 Å². The van der Waals surface area contributed by atoms with E-state index < -0.39 is 6.10 Å². The molecular formula is C18H24O4. The molecule has 1 atom stereocenters. The van der Waals surface area contributed by atoms with Crippen LogP contribution in [0.1, 0.15) is 56.3 Å². The lowest BCUT2D eigenvalue weighted by Gasteiger charge is -2.29. The van der Waals surface area contributed by atoms with E-state index in [-0.39, 0.29) is 17.7 Å². The summed E-state index contributed by atoms with van der Waals surface area (Å²) >= 11 is 0. The quantitative estimate of drug-likeness (QED) is 0.593. The lowest BCUT2D eigenvalue weighted by atomic mass is 9.85. The van der Waals surface area contributed by atoms with Crippen molar-refractivity contribution in [1.29, 1.82) is 0 Å². The molecule has 0 saturated heterocycles. The zero-order valence-electron chi connectivity index (χ0n) is 13.3. The molecule has 2 rings (SSSR count). The zero-order valence-corrected chi connectivity index (χ0v) is 13.3. The Balaban J connectivity index is 2.10. The van der Waals surface area contributed by atoms with Gasteiger partial charge in [-0.05, 0) is 51.0 Å². The van der Waals surface area contributed by atoms with Crippen LogP contribution < -0.4 is 4.74 Å². The predicted octanol–water partition coefficient (Wildman–Crippen LogP) is 3.78. The van der Waals surface area contributed by atoms with E-state index in [1.807, 2.05) is 0 Å². The highest BCUT2D eigenvalue weighted by Gasteiger charge is 2.32. The summed E-state index contributed by atoms with van der Waals surface area (Å²) in [4.78, 5) is 23.5. The predicted molar refractivity (Wildman–Crippen MR) is 84.1 cm³/mol. The van der Waals surface area contributed by atoms with Crippen LogP contribution in [0, 0.1) is 5.92 Å². The van der Waals surface area contributed by atoms with E-state index in [2.05, 4.69) is 0 Å². The number of esters is 1. The van der Waals surface area contributed by atoms with Gasteiger partial charge in [0.25, 0.3) is 0 Å². The number of Topliss-reactive ketones (excluding diaryl/α,β-unsaturated/α-hetero) is 1. The van der Waals surface area contributed by atoms with Crippen LogP contribution in [0.2, 0.25) is 0 Å². The Morgan fingerprint density at radius 3 is 2.32 bits per heavy atom. The third-order valence-corrected chi connectivity index (χ3v) is 4.12. The van der Waals surface area contributed by atoms with Crippen LogP contribution >= 0.6 is 0 Å². The second-order valence-electron chi connectivity index (χ2n) is 5.77. The van der Waals surface area contributed by atoms with Crippen molar-refractivity contribution in [2.24, 2.45) is 5.92 Å². The van der Waals surface area contributed by atoms with E-state index in [1.165, 1.54) is 13.3 Å². The molecule has 1 fully saturated rings. The summed E-state index contributed by atoms with van der Waals surface area (Å²) in [6.07, 6.45) is 4.92. The SMILES string of the molecule is CCOC(=O)C(Oc1ccc(C(C)=O)cc1)C1CCCCC1. The van der Waals surface area contributed by atoms with Gasteiger partial charge in [-0.3, -0.25) is 4.79 Å². The van der Waals surface area contributed by atoms with Crippen molar-refractivity contribution >= 4 is 11.8 Å². The summed E-state index contributed by atoms with van der Waals surface area (Å²) in [6.45, 7) is 3.69. The van der Waals surface area contributed by atoms with Gasteiger partial charge in [-0.2, -0.15) is 0 Å². The Morgan fingerprint density at radius 2 is 1.77 bits per heavy atom. The molecule has 0 spiro atoms. The second-order valence-corrected chi connectivity index (χ2v) is 5.77. The number of benzene rings is 1. The van der Waals surface area contributed by atoms with E-state index in [1.54, 1.807) is 31.2 Å². The summed E-state index contributed by atoms with van der Waals surface area (Å²) in [5.74, 6) is 0.541. The molecule has 0 aromatic heterocycles. The smallest absolute Gasteiger partial charge is 0.347 e. The standard InChI is InChI=1S/C18H24O4/c1-3-21-18(20)17(15-7-5-4-6-8-15)22-16-11-9-14(10-12-16)13(2)19/h9-12,15,17H,3-8H2,1-2H3. The maximum absolute atomic E-state index is 12.2. The molecule has 4 heteroatoms. The van der Waals surface area contributed by atoms with Gasteiger partial charge < -0.3 is 9.47 Å². The van der Waals surface area contributed by atoms with Crippen molar-refractivity contribution in [3.8, 4) is 5.75 Å². The lowest BCUT2D eigenvalue weighted by Crippen LogP contribution is -2.37. The zero-order chi connectivity index (χ0) is 15.9. The molecule has 1 aromatic carbocycles.